The largest absolute Gasteiger partial charge is 0.456 e. The number of benzene rings is 5. The van der Waals surface area contributed by atoms with E-state index in [1.165, 1.54) is 22.4 Å². The Morgan fingerprint density at radius 3 is 2.16 bits per heavy atom. The molecule has 5 nitrogen and oxygen atoms in total. The second-order valence-corrected chi connectivity index (χ2v) is 11.5. The van der Waals surface area contributed by atoms with Gasteiger partial charge >= 0.3 is 5.97 Å². The van der Waals surface area contributed by atoms with Gasteiger partial charge in [-0.1, -0.05) is 78.9 Å². The summed E-state index contributed by atoms with van der Waals surface area (Å²) in [5, 5.41) is 0. The van der Waals surface area contributed by atoms with E-state index in [1.54, 1.807) is 0 Å². The normalized spacial score (nSPS) is 16.0. The van der Waals surface area contributed by atoms with Crippen LogP contribution in [0.4, 0.5) is 11.4 Å². The van der Waals surface area contributed by atoms with Crippen molar-refractivity contribution < 1.29 is 14.3 Å². The van der Waals surface area contributed by atoms with Gasteiger partial charge in [-0.15, -0.1) is 0 Å². The van der Waals surface area contributed by atoms with Crippen molar-refractivity contribution in [1.82, 2.24) is 0 Å². The van der Waals surface area contributed by atoms with Crippen LogP contribution in [0, 0.1) is 6.92 Å². The number of para-hydroxylation sites is 1. The topological polar surface area (TPSA) is 42.0 Å². The van der Waals surface area contributed by atoms with Crippen LogP contribution < -0.4 is 14.5 Å². The number of aryl methyl sites for hydroxylation is 1. The Kier molecular flexibility index (Phi) is 7.09. The fourth-order valence-corrected chi connectivity index (χ4v) is 6.72. The Morgan fingerprint density at radius 1 is 0.659 bits per heavy atom. The first kappa shape index (κ1) is 27.8. The quantitative estimate of drug-likeness (QED) is 0.172. The fraction of sp³-hybridized carbons (Fsp3) is 0.205. The number of carbonyl (C=O) groups excluding carboxylic acids is 1. The first-order valence-corrected chi connectivity index (χ1v) is 15.4. The van der Waals surface area contributed by atoms with Gasteiger partial charge in [-0.25, -0.2) is 4.79 Å². The van der Waals surface area contributed by atoms with Crippen molar-refractivity contribution >= 4 is 17.3 Å². The molecule has 5 aromatic rings. The fourth-order valence-electron chi connectivity index (χ4n) is 6.72. The highest BCUT2D eigenvalue weighted by atomic mass is 16.6. The predicted molar refractivity (Wildman–Crippen MR) is 176 cm³/mol. The van der Waals surface area contributed by atoms with E-state index < -0.39 is 5.60 Å². The van der Waals surface area contributed by atoms with Crippen molar-refractivity contribution in [1.29, 1.82) is 0 Å². The molecular formula is C39H36N2O3. The lowest BCUT2D eigenvalue weighted by Crippen LogP contribution is -2.33. The summed E-state index contributed by atoms with van der Waals surface area (Å²) in [6, 6.07) is 39.2. The van der Waals surface area contributed by atoms with Gasteiger partial charge in [0.2, 0.25) is 0 Å². The molecule has 0 aromatic heterocycles. The lowest BCUT2D eigenvalue weighted by atomic mass is 9.77. The minimum absolute atomic E-state index is 0.321. The van der Waals surface area contributed by atoms with Crippen LogP contribution in [-0.4, -0.2) is 19.1 Å². The van der Waals surface area contributed by atoms with Gasteiger partial charge in [0.25, 0.3) is 0 Å². The van der Waals surface area contributed by atoms with Gasteiger partial charge in [0.1, 0.15) is 11.5 Å². The molecule has 1 atom stereocenters. The first-order valence-electron chi connectivity index (χ1n) is 15.4. The molecule has 1 unspecified atom stereocenters. The second-order valence-electron chi connectivity index (χ2n) is 11.5. The summed E-state index contributed by atoms with van der Waals surface area (Å²) >= 11 is 0. The molecule has 44 heavy (non-hydrogen) atoms. The van der Waals surface area contributed by atoms with Crippen molar-refractivity contribution in [2.24, 2.45) is 0 Å². The maximum Gasteiger partial charge on any atom is 0.340 e. The Morgan fingerprint density at radius 2 is 1.36 bits per heavy atom. The summed E-state index contributed by atoms with van der Waals surface area (Å²) in [7, 11) is 0. The third kappa shape index (κ3) is 4.60. The molecule has 0 aliphatic carbocycles. The number of fused-ring (bicyclic) bond motifs is 6. The van der Waals surface area contributed by atoms with Crippen molar-refractivity contribution in [3.05, 3.63) is 154 Å². The van der Waals surface area contributed by atoms with Crippen molar-refractivity contribution in [3.63, 3.8) is 0 Å². The van der Waals surface area contributed by atoms with E-state index in [9.17, 15) is 4.79 Å². The molecule has 1 spiro atoms. The van der Waals surface area contributed by atoms with E-state index >= 15 is 0 Å². The minimum Gasteiger partial charge on any atom is -0.456 e. The van der Waals surface area contributed by atoms with E-state index in [0.717, 1.165) is 35.5 Å². The van der Waals surface area contributed by atoms with Crippen LogP contribution >= 0.6 is 0 Å². The van der Waals surface area contributed by atoms with Gasteiger partial charge < -0.3 is 19.3 Å². The third-order valence-electron chi connectivity index (χ3n) is 8.89. The number of carbonyl (C=O) groups is 1. The average Bonchev–Trinajstić information content (AvgIpc) is 3.35. The lowest BCUT2D eigenvalue weighted by molar-refractivity contribution is 0.0224. The molecule has 220 valence electrons. The van der Waals surface area contributed by atoms with Gasteiger partial charge in [0, 0.05) is 54.2 Å². The van der Waals surface area contributed by atoms with Gasteiger partial charge in [0.05, 0.1) is 5.56 Å². The van der Waals surface area contributed by atoms with Crippen LogP contribution in [0.2, 0.25) is 0 Å². The van der Waals surface area contributed by atoms with Crippen LogP contribution in [0.3, 0.4) is 0 Å². The van der Waals surface area contributed by atoms with Gasteiger partial charge in [-0.2, -0.15) is 0 Å². The van der Waals surface area contributed by atoms with Gasteiger partial charge in [-0.05, 0) is 73.9 Å². The molecule has 5 heteroatoms. The third-order valence-corrected chi connectivity index (χ3v) is 8.89. The van der Waals surface area contributed by atoms with Crippen LogP contribution in [0.15, 0.2) is 115 Å². The molecular weight excluding hydrogens is 544 g/mol. The van der Waals surface area contributed by atoms with Gasteiger partial charge in [0.15, 0.2) is 5.60 Å². The molecule has 2 heterocycles. The molecule has 5 aromatic carbocycles. The highest BCUT2D eigenvalue weighted by molar-refractivity contribution is 5.97. The van der Waals surface area contributed by atoms with Crippen LogP contribution in [0.1, 0.15) is 57.6 Å². The Hall–Kier alpha value is -5.03. The second kappa shape index (κ2) is 11.2. The highest BCUT2D eigenvalue weighted by Gasteiger charge is 2.53. The van der Waals surface area contributed by atoms with Gasteiger partial charge in [-0.3, -0.25) is 0 Å². The summed E-state index contributed by atoms with van der Waals surface area (Å²) in [5.41, 5.74) is 8.03. The average molecular weight is 581 g/mol. The van der Waals surface area contributed by atoms with Crippen molar-refractivity contribution in [2.45, 2.75) is 39.5 Å². The highest BCUT2D eigenvalue weighted by Crippen LogP contribution is 2.56. The van der Waals surface area contributed by atoms with Crippen LogP contribution in [0.5, 0.6) is 11.5 Å². The van der Waals surface area contributed by atoms with Crippen molar-refractivity contribution in [3.8, 4) is 11.5 Å². The number of hydrogen-bond donors (Lipinski definition) is 0. The summed E-state index contributed by atoms with van der Waals surface area (Å²) in [6.07, 6.45) is 0. The molecule has 0 bridgehead atoms. The zero-order chi connectivity index (χ0) is 30.3. The molecule has 0 N–H and O–H groups in total. The van der Waals surface area contributed by atoms with E-state index in [4.69, 9.17) is 9.47 Å². The Labute approximate surface area is 259 Å². The van der Waals surface area contributed by atoms with E-state index in [1.807, 2.05) is 54.6 Å². The molecule has 0 saturated heterocycles. The minimum atomic E-state index is -1.09. The molecule has 2 aliphatic heterocycles. The molecule has 0 radical (unpaired) electrons. The van der Waals surface area contributed by atoms with Crippen LogP contribution in [0.25, 0.3) is 0 Å². The first-order chi connectivity index (χ1) is 21.5. The smallest absolute Gasteiger partial charge is 0.340 e. The summed E-state index contributed by atoms with van der Waals surface area (Å²) in [5.74, 6) is 1.07. The van der Waals surface area contributed by atoms with E-state index in [-0.39, 0.29) is 5.97 Å². The summed E-state index contributed by atoms with van der Waals surface area (Å²) in [4.78, 5) is 18.2. The maximum atomic E-state index is 13.4. The van der Waals surface area contributed by atoms with E-state index in [2.05, 4.69) is 91.2 Å². The summed E-state index contributed by atoms with van der Waals surface area (Å²) < 4.78 is 12.9. The molecule has 2 aliphatic rings. The maximum absolute atomic E-state index is 13.4. The molecule has 0 amide bonds. The SMILES string of the molecule is CCN(CC)c1cc(C)ccc1CN(Cc1ccccc1)c1ccc2c(c1)C1(OC(=O)c3ccccc31)c1ccccc1O2. The Balaban J connectivity index is 1.39. The standard InChI is InChI=1S/C39H36N2O3/c1-4-40(5-2)35-23-27(3)19-20-29(35)26-41(25-28-13-7-6-8-14-28)30-21-22-37-34(24-30)39(33-17-11-12-18-36(33)43-37)32-16-10-9-15-31(32)38(42)44-39/h6-24H,4-5,25-26H2,1-3H3. The zero-order valence-corrected chi connectivity index (χ0v) is 25.4. The lowest BCUT2D eigenvalue weighted by Gasteiger charge is -2.37. The number of ether oxygens (including phenoxy) is 2. The number of anilines is 2. The molecule has 0 saturated carbocycles. The predicted octanol–water partition coefficient (Wildman–Crippen LogP) is 8.62. The monoisotopic (exact) mass is 580 g/mol. The summed E-state index contributed by atoms with van der Waals surface area (Å²) in [6.45, 7) is 9.87. The van der Waals surface area contributed by atoms with Crippen molar-refractivity contribution in [2.75, 3.05) is 22.9 Å². The molecule has 0 fully saturated rings. The molecule has 7 rings (SSSR count). The van der Waals surface area contributed by atoms with E-state index in [0.29, 0.717) is 30.2 Å². The Bertz CT molecular complexity index is 1850. The number of rotatable bonds is 8. The number of nitrogens with zero attached hydrogens (tertiary/aromatic N) is 2. The number of esters is 1. The van der Waals surface area contributed by atoms with Crippen LogP contribution in [-0.2, 0) is 23.4 Å². The zero-order valence-electron chi connectivity index (χ0n) is 25.4. The number of hydrogen-bond acceptors (Lipinski definition) is 5.